The Morgan fingerprint density at radius 2 is 2.00 bits per heavy atom. The molecule has 3 nitrogen and oxygen atoms in total. The molecule has 1 aromatic carbocycles. The fraction of sp³-hybridized carbons (Fsp3) is 0.538. The van der Waals surface area contributed by atoms with Gasteiger partial charge in [0.05, 0.1) is 13.2 Å². The summed E-state index contributed by atoms with van der Waals surface area (Å²) in [4.78, 5) is 0. The summed E-state index contributed by atoms with van der Waals surface area (Å²) in [6.07, 6.45) is 0.670. The fourth-order valence-corrected chi connectivity index (χ4v) is 1.56. The molecule has 0 aromatic heterocycles. The maximum Gasteiger partial charge on any atom is 0.122 e. The van der Waals surface area contributed by atoms with Gasteiger partial charge in [0.2, 0.25) is 0 Å². The van der Waals surface area contributed by atoms with Gasteiger partial charge in [0.25, 0.3) is 0 Å². The van der Waals surface area contributed by atoms with Crippen LogP contribution in [-0.2, 0) is 0 Å². The molecule has 1 aromatic rings. The molecule has 1 atom stereocenters. The lowest BCUT2D eigenvalue weighted by atomic mass is 10.1. The molecule has 3 N–H and O–H groups in total. The molecule has 0 saturated carbocycles. The quantitative estimate of drug-likeness (QED) is 0.799. The van der Waals surface area contributed by atoms with Crippen LogP contribution in [0.1, 0.15) is 23.1 Å². The van der Waals surface area contributed by atoms with Crippen LogP contribution < -0.4 is 10.5 Å². The van der Waals surface area contributed by atoms with Crippen molar-refractivity contribution in [1.29, 1.82) is 0 Å². The van der Waals surface area contributed by atoms with Crippen LogP contribution in [0, 0.1) is 20.8 Å². The van der Waals surface area contributed by atoms with Crippen molar-refractivity contribution in [2.75, 3.05) is 13.2 Å². The molecule has 0 aliphatic carbocycles. The second kappa shape index (κ2) is 5.87. The Kier molecular flexibility index (Phi) is 4.77. The molecule has 90 valence electrons. The molecule has 0 heterocycles. The second-order valence-electron chi connectivity index (χ2n) is 4.28. The van der Waals surface area contributed by atoms with E-state index in [0.717, 1.165) is 5.75 Å². The molecule has 0 aliphatic heterocycles. The minimum Gasteiger partial charge on any atom is -0.493 e. The van der Waals surface area contributed by atoms with Gasteiger partial charge in [-0.3, -0.25) is 0 Å². The molecule has 16 heavy (non-hydrogen) atoms. The topological polar surface area (TPSA) is 55.5 Å². The molecule has 1 unspecified atom stereocenters. The minimum absolute atomic E-state index is 0.00911. The van der Waals surface area contributed by atoms with Crippen molar-refractivity contribution < 1.29 is 9.84 Å². The third-order valence-corrected chi connectivity index (χ3v) is 2.74. The first kappa shape index (κ1) is 13.0. The van der Waals surface area contributed by atoms with Crippen LogP contribution in [0.5, 0.6) is 5.75 Å². The molecule has 0 amide bonds. The van der Waals surface area contributed by atoms with E-state index in [4.69, 9.17) is 15.6 Å². The predicted octanol–water partition coefficient (Wildman–Crippen LogP) is 1.70. The van der Waals surface area contributed by atoms with Crippen molar-refractivity contribution in [2.24, 2.45) is 5.73 Å². The minimum atomic E-state index is -0.189. The van der Waals surface area contributed by atoms with E-state index in [1.54, 1.807) is 0 Å². The van der Waals surface area contributed by atoms with E-state index < -0.39 is 0 Å². The van der Waals surface area contributed by atoms with Gasteiger partial charge in [-0.25, -0.2) is 0 Å². The fourth-order valence-electron chi connectivity index (χ4n) is 1.56. The highest BCUT2D eigenvalue weighted by Gasteiger charge is 2.05. The van der Waals surface area contributed by atoms with Gasteiger partial charge in [0.1, 0.15) is 5.75 Å². The van der Waals surface area contributed by atoms with Crippen molar-refractivity contribution in [3.63, 3.8) is 0 Å². The van der Waals surface area contributed by atoms with E-state index in [2.05, 4.69) is 26.8 Å². The van der Waals surface area contributed by atoms with E-state index in [1.807, 2.05) is 6.07 Å². The Labute approximate surface area is 97.2 Å². The molecule has 1 rings (SSSR count). The summed E-state index contributed by atoms with van der Waals surface area (Å²) in [5, 5.41) is 8.79. The van der Waals surface area contributed by atoms with Gasteiger partial charge < -0.3 is 15.6 Å². The standard InChI is InChI=1S/C13H21NO2/c1-9-6-10(2)11(3)13(7-9)16-5-4-12(14)8-15/h6-7,12,15H,4-5,8,14H2,1-3H3. The first-order valence-electron chi connectivity index (χ1n) is 5.61. The highest BCUT2D eigenvalue weighted by atomic mass is 16.5. The third-order valence-electron chi connectivity index (χ3n) is 2.74. The average Bonchev–Trinajstić information content (AvgIpc) is 2.24. The molecular formula is C13H21NO2. The molecular weight excluding hydrogens is 202 g/mol. The molecule has 0 radical (unpaired) electrons. The number of aliphatic hydroxyl groups is 1. The van der Waals surface area contributed by atoms with Gasteiger partial charge >= 0.3 is 0 Å². The summed E-state index contributed by atoms with van der Waals surface area (Å²) < 4.78 is 5.68. The summed E-state index contributed by atoms with van der Waals surface area (Å²) in [5.41, 5.74) is 9.21. The van der Waals surface area contributed by atoms with Crippen LogP contribution in [0.15, 0.2) is 12.1 Å². The first-order chi connectivity index (χ1) is 7.54. The number of benzene rings is 1. The predicted molar refractivity (Wildman–Crippen MR) is 65.8 cm³/mol. The van der Waals surface area contributed by atoms with E-state index in [1.165, 1.54) is 16.7 Å². The zero-order valence-corrected chi connectivity index (χ0v) is 10.3. The van der Waals surface area contributed by atoms with E-state index in [9.17, 15) is 0 Å². The number of aryl methyl sites for hydroxylation is 2. The number of aliphatic hydroxyl groups excluding tert-OH is 1. The van der Waals surface area contributed by atoms with Gasteiger partial charge in [0.15, 0.2) is 0 Å². The van der Waals surface area contributed by atoms with Crippen molar-refractivity contribution in [1.82, 2.24) is 0 Å². The van der Waals surface area contributed by atoms with Crippen molar-refractivity contribution in [3.8, 4) is 5.75 Å². The Morgan fingerprint density at radius 1 is 1.31 bits per heavy atom. The summed E-state index contributed by atoms with van der Waals surface area (Å²) >= 11 is 0. The number of rotatable bonds is 5. The number of ether oxygens (including phenoxy) is 1. The average molecular weight is 223 g/mol. The lowest BCUT2D eigenvalue weighted by molar-refractivity contribution is 0.230. The molecule has 3 heteroatoms. The molecule has 0 spiro atoms. The van der Waals surface area contributed by atoms with Crippen molar-refractivity contribution in [2.45, 2.75) is 33.2 Å². The van der Waals surface area contributed by atoms with Crippen LogP contribution >= 0.6 is 0 Å². The van der Waals surface area contributed by atoms with Crippen molar-refractivity contribution >= 4 is 0 Å². The molecule has 0 aliphatic rings. The maximum absolute atomic E-state index is 8.79. The van der Waals surface area contributed by atoms with E-state index in [-0.39, 0.29) is 12.6 Å². The lowest BCUT2D eigenvalue weighted by Gasteiger charge is -2.13. The van der Waals surface area contributed by atoms with Crippen LogP contribution in [-0.4, -0.2) is 24.4 Å². The van der Waals surface area contributed by atoms with Crippen molar-refractivity contribution in [3.05, 3.63) is 28.8 Å². The number of hydrogen-bond acceptors (Lipinski definition) is 3. The van der Waals surface area contributed by atoms with Gasteiger partial charge in [0, 0.05) is 6.04 Å². The Balaban J connectivity index is 2.60. The van der Waals surface area contributed by atoms with E-state index >= 15 is 0 Å². The lowest BCUT2D eigenvalue weighted by Crippen LogP contribution is -2.26. The highest BCUT2D eigenvalue weighted by Crippen LogP contribution is 2.23. The van der Waals surface area contributed by atoms with Gasteiger partial charge in [-0.05, 0) is 49.9 Å². The zero-order valence-electron chi connectivity index (χ0n) is 10.3. The summed E-state index contributed by atoms with van der Waals surface area (Å²) in [6.45, 7) is 6.74. The monoisotopic (exact) mass is 223 g/mol. The summed E-state index contributed by atoms with van der Waals surface area (Å²) in [7, 11) is 0. The summed E-state index contributed by atoms with van der Waals surface area (Å²) in [6, 6.07) is 3.99. The highest BCUT2D eigenvalue weighted by molar-refractivity contribution is 5.41. The van der Waals surface area contributed by atoms with Gasteiger partial charge in [-0.1, -0.05) is 6.07 Å². The van der Waals surface area contributed by atoms with Crippen LogP contribution in [0.2, 0.25) is 0 Å². The van der Waals surface area contributed by atoms with E-state index in [0.29, 0.717) is 13.0 Å². The van der Waals surface area contributed by atoms with Crippen LogP contribution in [0.25, 0.3) is 0 Å². The third kappa shape index (κ3) is 3.51. The SMILES string of the molecule is Cc1cc(C)c(C)c(OCCC(N)CO)c1. The Bertz CT molecular complexity index is 350. The first-order valence-corrected chi connectivity index (χ1v) is 5.61. The van der Waals surface area contributed by atoms with Gasteiger partial charge in [-0.15, -0.1) is 0 Å². The normalized spacial score (nSPS) is 12.6. The van der Waals surface area contributed by atoms with Gasteiger partial charge in [-0.2, -0.15) is 0 Å². The molecule has 0 fully saturated rings. The number of hydrogen-bond donors (Lipinski definition) is 2. The van der Waals surface area contributed by atoms with Crippen LogP contribution in [0.4, 0.5) is 0 Å². The molecule has 0 bridgehead atoms. The molecule has 0 saturated heterocycles. The summed E-state index contributed by atoms with van der Waals surface area (Å²) in [5.74, 6) is 0.919. The zero-order chi connectivity index (χ0) is 12.1. The smallest absolute Gasteiger partial charge is 0.122 e. The maximum atomic E-state index is 8.79. The second-order valence-corrected chi connectivity index (χ2v) is 4.28. The largest absolute Gasteiger partial charge is 0.493 e. The Morgan fingerprint density at radius 3 is 2.62 bits per heavy atom. The van der Waals surface area contributed by atoms with Crippen LogP contribution in [0.3, 0.4) is 0 Å². The number of nitrogens with two attached hydrogens (primary N) is 1. The Hall–Kier alpha value is -1.06.